The molecule has 7 nitrogen and oxygen atoms in total. The van der Waals surface area contributed by atoms with Gasteiger partial charge < -0.3 is 20.1 Å². The van der Waals surface area contributed by atoms with Crippen LogP contribution < -0.4 is 5.32 Å². The van der Waals surface area contributed by atoms with E-state index in [1.54, 1.807) is 4.90 Å². The minimum atomic E-state index is -0.340. The number of morpholine rings is 1. The Morgan fingerprint density at radius 3 is 2.84 bits per heavy atom. The number of nitrogens with zero attached hydrogens (tertiary/aromatic N) is 3. The lowest BCUT2D eigenvalue weighted by Crippen LogP contribution is -2.53. The van der Waals surface area contributed by atoms with Crippen molar-refractivity contribution in [1.82, 2.24) is 14.7 Å². The molecular weight excluding hydrogens is 320 g/mol. The standard InChI is InChI=1S/C18H24N4O3/c1-12-8-13(2)22(20-12)17-7-5-4-6-16(17)19-18(24)21-9-15(10-23)25-11-14(21)3/h4-8,14-15,23H,9-11H2,1-3H3,(H,19,24)/t14-,15+/m0/s1. The maximum Gasteiger partial charge on any atom is 0.322 e. The number of urea groups is 1. The van der Waals surface area contributed by atoms with E-state index in [0.29, 0.717) is 18.8 Å². The van der Waals surface area contributed by atoms with Crippen molar-refractivity contribution in [2.24, 2.45) is 0 Å². The maximum absolute atomic E-state index is 12.8. The molecule has 1 saturated heterocycles. The molecule has 1 aliphatic rings. The van der Waals surface area contributed by atoms with Crippen molar-refractivity contribution in [3.8, 4) is 5.69 Å². The van der Waals surface area contributed by atoms with Crippen molar-refractivity contribution in [1.29, 1.82) is 0 Å². The number of aromatic nitrogens is 2. The van der Waals surface area contributed by atoms with Gasteiger partial charge in [0.25, 0.3) is 0 Å². The monoisotopic (exact) mass is 344 g/mol. The van der Waals surface area contributed by atoms with Crippen LogP contribution in [0.4, 0.5) is 10.5 Å². The Hall–Kier alpha value is -2.38. The van der Waals surface area contributed by atoms with Gasteiger partial charge in [-0.25, -0.2) is 9.48 Å². The molecule has 25 heavy (non-hydrogen) atoms. The number of benzene rings is 1. The highest BCUT2D eigenvalue weighted by atomic mass is 16.5. The number of aliphatic hydroxyl groups is 1. The predicted molar refractivity (Wildman–Crippen MR) is 95.1 cm³/mol. The summed E-state index contributed by atoms with van der Waals surface area (Å²) >= 11 is 0. The Bertz CT molecular complexity index is 759. The first-order chi connectivity index (χ1) is 12.0. The van der Waals surface area contributed by atoms with Crippen LogP contribution in [0.5, 0.6) is 0 Å². The molecule has 0 saturated carbocycles. The SMILES string of the molecule is Cc1cc(C)n(-c2ccccc2NC(=O)N2C[C@H](CO)OC[C@@H]2C)n1. The molecule has 0 spiro atoms. The smallest absolute Gasteiger partial charge is 0.322 e. The Balaban J connectivity index is 1.83. The van der Waals surface area contributed by atoms with Crippen LogP contribution in [0.1, 0.15) is 18.3 Å². The van der Waals surface area contributed by atoms with Crippen LogP contribution in [0.2, 0.25) is 0 Å². The number of rotatable bonds is 3. The molecule has 3 rings (SSSR count). The molecule has 1 fully saturated rings. The molecule has 1 aromatic carbocycles. The third-order valence-electron chi connectivity index (χ3n) is 4.35. The van der Waals surface area contributed by atoms with E-state index in [9.17, 15) is 9.90 Å². The number of amides is 2. The van der Waals surface area contributed by atoms with Gasteiger partial charge in [-0.15, -0.1) is 0 Å². The lowest BCUT2D eigenvalue weighted by Gasteiger charge is -2.37. The van der Waals surface area contributed by atoms with Gasteiger partial charge in [0.15, 0.2) is 0 Å². The number of nitrogens with one attached hydrogen (secondary N) is 1. The number of carbonyl (C=O) groups is 1. The van der Waals surface area contributed by atoms with Gasteiger partial charge in [-0.1, -0.05) is 12.1 Å². The number of para-hydroxylation sites is 2. The van der Waals surface area contributed by atoms with E-state index in [4.69, 9.17) is 4.74 Å². The number of ether oxygens (including phenoxy) is 1. The van der Waals surface area contributed by atoms with Crippen LogP contribution in [-0.4, -0.2) is 57.7 Å². The van der Waals surface area contributed by atoms with Gasteiger partial charge >= 0.3 is 6.03 Å². The molecular formula is C18H24N4O3. The van der Waals surface area contributed by atoms with Crippen LogP contribution >= 0.6 is 0 Å². The van der Waals surface area contributed by atoms with Crippen LogP contribution in [0.15, 0.2) is 30.3 Å². The van der Waals surface area contributed by atoms with E-state index >= 15 is 0 Å². The Kier molecular flexibility index (Phi) is 5.06. The first-order valence-electron chi connectivity index (χ1n) is 8.42. The number of hydrogen-bond donors (Lipinski definition) is 2. The fraction of sp³-hybridized carbons (Fsp3) is 0.444. The summed E-state index contributed by atoms with van der Waals surface area (Å²) in [5.41, 5.74) is 3.43. The molecule has 0 bridgehead atoms. The second kappa shape index (κ2) is 7.25. The largest absolute Gasteiger partial charge is 0.394 e. The minimum absolute atomic E-state index is 0.0522. The van der Waals surface area contributed by atoms with E-state index in [1.165, 1.54) is 0 Å². The van der Waals surface area contributed by atoms with Gasteiger partial charge in [-0.3, -0.25) is 0 Å². The van der Waals surface area contributed by atoms with Crippen molar-refractivity contribution < 1.29 is 14.6 Å². The molecule has 1 aliphatic heterocycles. The second-order valence-corrected chi connectivity index (χ2v) is 6.43. The van der Waals surface area contributed by atoms with Gasteiger partial charge in [0.05, 0.1) is 49.0 Å². The average Bonchev–Trinajstić information content (AvgIpc) is 2.94. The van der Waals surface area contributed by atoms with E-state index in [1.807, 2.05) is 55.8 Å². The first kappa shape index (κ1) is 17.4. The summed E-state index contributed by atoms with van der Waals surface area (Å²) in [6, 6.07) is 9.32. The number of aryl methyl sites for hydroxylation is 2. The number of carbonyl (C=O) groups excluding carboxylic acids is 1. The third-order valence-corrected chi connectivity index (χ3v) is 4.35. The lowest BCUT2D eigenvalue weighted by atomic mass is 10.2. The molecule has 2 aromatic rings. The molecule has 2 N–H and O–H groups in total. The normalized spacial score (nSPS) is 20.6. The van der Waals surface area contributed by atoms with E-state index in [0.717, 1.165) is 17.1 Å². The highest BCUT2D eigenvalue weighted by molar-refractivity contribution is 5.91. The number of aliphatic hydroxyl groups excluding tert-OH is 1. The molecule has 2 amide bonds. The maximum atomic E-state index is 12.8. The zero-order valence-corrected chi connectivity index (χ0v) is 14.8. The highest BCUT2D eigenvalue weighted by Gasteiger charge is 2.29. The summed E-state index contributed by atoms with van der Waals surface area (Å²) in [5, 5.41) is 16.8. The van der Waals surface area contributed by atoms with Gasteiger partial charge in [-0.05, 0) is 39.0 Å². The van der Waals surface area contributed by atoms with Gasteiger partial charge in [0, 0.05) is 5.69 Å². The number of hydrogen-bond acceptors (Lipinski definition) is 4. The van der Waals surface area contributed by atoms with E-state index in [-0.39, 0.29) is 24.8 Å². The second-order valence-electron chi connectivity index (χ2n) is 6.43. The Labute approximate surface area is 147 Å². The fourth-order valence-corrected chi connectivity index (χ4v) is 3.03. The summed E-state index contributed by atoms with van der Waals surface area (Å²) in [4.78, 5) is 14.5. The summed E-state index contributed by atoms with van der Waals surface area (Å²) in [5.74, 6) is 0. The Morgan fingerprint density at radius 2 is 2.16 bits per heavy atom. The van der Waals surface area contributed by atoms with Gasteiger partial charge in [-0.2, -0.15) is 5.10 Å². The van der Waals surface area contributed by atoms with Crippen molar-refractivity contribution in [3.63, 3.8) is 0 Å². The first-order valence-corrected chi connectivity index (χ1v) is 8.42. The molecule has 2 atom stereocenters. The van der Waals surface area contributed by atoms with Crippen molar-refractivity contribution in [2.45, 2.75) is 32.9 Å². The average molecular weight is 344 g/mol. The van der Waals surface area contributed by atoms with E-state index < -0.39 is 0 Å². The minimum Gasteiger partial charge on any atom is -0.394 e. The van der Waals surface area contributed by atoms with Crippen molar-refractivity contribution in [3.05, 3.63) is 41.7 Å². The molecule has 134 valence electrons. The van der Waals surface area contributed by atoms with Crippen LogP contribution in [-0.2, 0) is 4.74 Å². The molecule has 2 heterocycles. The van der Waals surface area contributed by atoms with E-state index in [2.05, 4.69) is 10.4 Å². The summed E-state index contributed by atoms with van der Waals surface area (Å²) in [7, 11) is 0. The fourth-order valence-electron chi connectivity index (χ4n) is 3.03. The van der Waals surface area contributed by atoms with Crippen molar-refractivity contribution >= 4 is 11.7 Å². The third kappa shape index (κ3) is 3.67. The molecule has 0 unspecified atom stereocenters. The van der Waals surface area contributed by atoms with Crippen LogP contribution in [0.25, 0.3) is 5.69 Å². The molecule has 0 aliphatic carbocycles. The molecule has 0 radical (unpaired) electrons. The van der Waals surface area contributed by atoms with Gasteiger partial charge in [0.1, 0.15) is 0 Å². The lowest BCUT2D eigenvalue weighted by molar-refractivity contribution is -0.0611. The quantitative estimate of drug-likeness (QED) is 0.894. The zero-order valence-electron chi connectivity index (χ0n) is 14.8. The van der Waals surface area contributed by atoms with Gasteiger partial charge in [0.2, 0.25) is 0 Å². The van der Waals surface area contributed by atoms with Crippen LogP contribution in [0, 0.1) is 13.8 Å². The Morgan fingerprint density at radius 1 is 1.40 bits per heavy atom. The highest BCUT2D eigenvalue weighted by Crippen LogP contribution is 2.23. The summed E-state index contributed by atoms with van der Waals surface area (Å²) in [6.07, 6.45) is -0.340. The predicted octanol–water partition coefficient (Wildman–Crippen LogP) is 2.10. The van der Waals surface area contributed by atoms with Crippen molar-refractivity contribution in [2.75, 3.05) is 25.1 Å². The van der Waals surface area contributed by atoms with Crippen LogP contribution in [0.3, 0.4) is 0 Å². The summed E-state index contributed by atoms with van der Waals surface area (Å²) in [6.45, 7) is 6.53. The zero-order chi connectivity index (χ0) is 18.0. The summed E-state index contributed by atoms with van der Waals surface area (Å²) < 4.78 is 7.32. The molecule has 7 heteroatoms. The molecule has 1 aromatic heterocycles. The topological polar surface area (TPSA) is 79.6 Å². The number of anilines is 1.